The third-order valence-corrected chi connectivity index (χ3v) is 4.18. The van der Waals surface area contributed by atoms with Crippen molar-refractivity contribution in [1.82, 2.24) is 30.0 Å². The molecule has 0 radical (unpaired) electrons. The topological polar surface area (TPSA) is 98.7 Å². The van der Waals surface area contributed by atoms with Gasteiger partial charge in [0.25, 0.3) is 11.8 Å². The van der Waals surface area contributed by atoms with E-state index in [-0.39, 0.29) is 11.6 Å². The highest BCUT2D eigenvalue weighted by atomic mass is 35.5. The minimum Gasteiger partial charge on any atom is -0.347 e. The SMILES string of the molecule is Cc1noc(-c2ccnc(-n3cnc(C(=O)NCc4cccc(Cl)c4)c3)c2)n1. The van der Waals surface area contributed by atoms with Crippen LogP contribution in [0.4, 0.5) is 0 Å². The van der Waals surface area contributed by atoms with Gasteiger partial charge in [0.15, 0.2) is 5.82 Å². The molecule has 0 aliphatic heterocycles. The zero-order valence-corrected chi connectivity index (χ0v) is 15.6. The summed E-state index contributed by atoms with van der Waals surface area (Å²) in [5.74, 6) is 1.24. The number of pyridine rings is 1. The standard InChI is InChI=1S/C19H15ClN6O2/c1-12-24-19(28-25-12)14-5-6-21-17(8-14)26-10-16(23-11-26)18(27)22-9-13-3-2-4-15(20)7-13/h2-8,10-11H,9H2,1H3,(H,22,27). The minimum atomic E-state index is -0.289. The summed E-state index contributed by atoms with van der Waals surface area (Å²) in [5.41, 5.74) is 1.92. The van der Waals surface area contributed by atoms with Crippen LogP contribution in [0.25, 0.3) is 17.3 Å². The largest absolute Gasteiger partial charge is 0.347 e. The minimum absolute atomic E-state index is 0.280. The van der Waals surface area contributed by atoms with Crippen molar-refractivity contribution in [3.05, 3.63) is 77.2 Å². The third-order valence-electron chi connectivity index (χ3n) is 3.94. The molecule has 0 unspecified atom stereocenters. The smallest absolute Gasteiger partial charge is 0.271 e. The van der Waals surface area contributed by atoms with E-state index in [9.17, 15) is 4.79 Å². The van der Waals surface area contributed by atoms with Crippen molar-refractivity contribution in [2.24, 2.45) is 0 Å². The number of nitrogens with one attached hydrogen (secondary N) is 1. The quantitative estimate of drug-likeness (QED) is 0.558. The predicted molar refractivity (Wildman–Crippen MR) is 102 cm³/mol. The summed E-state index contributed by atoms with van der Waals surface area (Å²) in [6, 6.07) is 10.9. The first kappa shape index (κ1) is 17.9. The van der Waals surface area contributed by atoms with Crippen LogP contribution in [0.1, 0.15) is 21.9 Å². The van der Waals surface area contributed by atoms with Crippen molar-refractivity contribution in [2.45, 2.75) is 13.5 Å². The highest BCUT2D eigenvalue weighted by Gasteiger charge is 2.12. The Morgan fingerprint density at radius 2 is 2.14 bits per heavy atom. The maximum Gasteiger partial charge on any atom is 0.271 e. The van der Waals surface area contributed by atoms with Crippen molar-refractivity contribution >= 4 is 17.5 Å². The van der Waals surface area contributed by atoms with Gasteiger partial charge in [-0.15, -0.1) is 0 Å². The van der Waals surface area contributed by atoms with Gasteiger partial charge in [-0.2, -0.15) is 4.98 Å². The molecule has 0 saturated carbocycles. The van der Waals surface area contributed by atoms with Crippen molar-refractivity contribution < 1.29 is 9.32 Å². The van der Waals surface area contributed by atoms with E-state index in [4.69, 9.17) is 16.1 Å². The van der Waals surface area contributed by atoms with E-state index in [0.29, 0.717) is 29.1 Å². The van der Waals surface area contributed by atoms with Crippen molar-refractivity contribution in [3.63, 3.8) is 0 Å². The molecule has 0 atom stereocenters. The van der Waals surface area contributed by atoms with Crippen LogP contribution >= 0.6 is 11.6 Å². The van der Waals surface area contributed by atoms with Crippen LogP contribution in [0.2, 0.25) is 5.02 Å². The Kier molecular flexibility index (Phi) is 4.86. The Bertz CT molecular complexity index is 1140. The number of carbonyl (C=O) groups is 1. The molecular weight excluding hydrogens is 380 g/mol. The lowest BCUT2D eigenvalue weighted by Gasteiger charge is -2.04. The van der Waals surface area contributed by atoms with E-state index in [2.05, 4.69) is 25.4 Å². The average Bonchev–Trinajstić information content (AvgIpc) is 3.36. The van der Waals surface area contributed by atoms with Crippen LogP contribution in [0.15, 0.2) is 59.6 Å². The number of imidazole rings is 1. The van der Waals surface area contributed by atoms with E-state index in [0.717, 1.165) is 11.1 Å². The predicted octanol–water partition coefficient (Wildman–Crippen LogP) is 3.21. The van der Waals surface area contributed by atoms with Gasteiger partial charge in [-0.1, -0.05) is 28.9 Å². The van der Waals surface area contributed by atoms with Gasteiger partial charge in [-0.25, -0.2) is 9.97 Å². The molecule has 0 spiro atoms. The third kappa shape index (κ3) is 3.91. The summed E-state index contributed by atoms with van der Waals surface area (Å²) >= 11 is 5.96. The lowest BCUT2D eigenvalue weighted by Crippen LogP contribution is -2.23. The number of hydrogen-bond donors (Lipinski definition) is 1. The first-order chi connectivity index (χ1) is 13.6. The Morgan fingerprint density at radius 3 is 2.93 bits per heavy atom. The summed E-state index contributed by atoms with van der Waals surface area (Å²) < 4.78 is 6.83. The van der Waals surface area contributed by atoms with Gasteiger partial charge in [0.1, 0.15) is 17.8 Å². The molecule has 0 saturated heterocycles. The molecule has 0 aliphatic carbocycles. The molecular formula is C19H15ClN6O2. The molecule has 28 heavy (non-hydrogen) atoms. The Hall–Kier alpha value is -3.52. The fourth-order valence-corrected chi connectivity index (χ4v) is 2.81. The van der Waals surface area contributed by atoms with Gasteiger partial charge in [0.2, 0.25) is 0 Å². The van der Waals surface area contributed by atoms with E-state index < -0.39 is 0 Å². The second kappa shape index (κ2) is 7.61. The lowest BCUT2D eigenvalue weighted by atomic mass is 10.2. The number of benzene rings is 1. The number of aryl methyl sites for hydroxylation is 1. The fraction of sp³-hybridized carbons (Fsp3) is 0.105. The molecule has 1 N–H and O–H groups in total. The molecule has 1 amide bonds. The molecule has 0 bridgehead atoms. The number of carbonyl (C=O) groups excluding carboxylic acids is 1. The van der Waals surface area contributed by atoms with Gasteiger partial charge in [-0.3, -0.25) is 9.36 Å². The number of amides is 1. The summed E-state index contributed by atoms with van der Waals surface area (Å²) in [6.45, 7) is 2.11. The highest BCUT2D eigenvalue weighted by molar-refractivity contribution is 6.30. The number of rotatable bonds is 5. The zero-order valence-electron chi connectivity index (χ0n) is 14.8. The lowest BCUT2D eigenvalue weighted by molar-refractivity contribution is 0.0946. The monoisotopic (exact) mass is 394 g/mol. The van der Waals surface area contributed by atoms with Gasteiger partial charge < -0.3 is 9.84 Å². The second-order valence-corrected chi connectivity index (χ2v) is 6.46. The van der Waals surface area contributed by atoms with Crippen LogP contribution in [0.5, 0.6) is 0 Å². The molecule has 140 valence electrons. The van der Waals surface area contributed by atoms with Crippen molar-refractivity contribution in [3.8, 4) is 17.3 Å². The van der Waals surface area contributed by atoms with Gasteiger partial charge in [0, 0.05) is 29.5 Å². The molecule has 4 aromatic rings. The maximum absolute atomic E-state index is 12.4. The molecule has 0 aliphatic rings. The number of aromatic nitrogens is 5. The normalized spacial score (nSPS) is 10.8. The van der Waals surface area contributed by atoms with E-state index >= 15 is 0 Å². The first-order valence-corrected chi connectivity index (χ1v) is 8.80. The second-order valence-electron chi connectivity index (χ2n) is 6.03. The zero-order chi connectivity index (χ0) is 19.5. The van der Waals surface area contributed by atoms with Crippen molar-refractivity contribution in [1.29, 1.82) is 0 Å². The van der Waals surface area contributed by atoms with Gasteiger partial charge in [-0.05, 0) is 36.8 Å². The number of nitrogens with zero attached hydrogens (tertiary/aromatic N) is 5. The first-order valence-electron chi connectivity index (χ1n) is 8.42. The Morgan fingerprint density at radius 1 is 1.25 bits per heavy atom. The molecule has 3 heterocycles. The van der Waals surface area contributed by atoms with E-state index in [1.54, 1.807) is 48.1 Å². The van der Waals surface area contributed by atoms with Crippen LogP contribution < -0.4 is 5.32 Å². The summed E-state index contributed by atoms with van der Waals surface area (Å²) in [5, 5.41) is 7.23. The van der Waals surface area contributed by atoms with Gasteiger partial charge >= 0.3 is 0 Å². The van der Waals surface area contributed by atoms with Crippen LogP contribution in [-0.2, 0) is 6.54 Å². The summed E-state index contributed by atoms with van der Waals surface area (Å²) in [4.78, 5) is 25.0. The van der Waals surface area contributed by atoms with Crippen LogP contribution in [0.3, 0.4) is 0 Å². The van der Waals surface area contributed by atoms with Crippen LogP contribution in [0, 0.1) is 6.92 Å². The summed E-state index contributed by atoms with van der Waals surface area (Å²) in [6.07, 6.45) is 4.76. The van der Waals surface area contributed by atoms with E-state index in [1.807, 2.05) is 12.1 Å². The Balaban J connectivity index is 1.49. The Labute approximate surface area is 165 Å². The number of hydrogen-bond acceptors (Lipinski definition) is 6. The number of halogens is 1. The molecule has 0 fully saturated rings. The van der Waals surface area contributed by atoms with Crippen LogP contribution in [-0.4, -0.2) is 30.6 Å². The highest BCUT2D eigenvalue weighted by Crippen LogP contribution is 2.19. The summed E-state index contributed by atoms with van der Waals surface area (Å²) in [7, 11) is 0. The molecule has 3 aromatic heterocycles. The fourth-order valence-electron chi connectivity index (χ4n) is 2.59. The molecule has 1 aromatic carbocycles. The molecule has 8 nitrogen and oxygen atoms in total. The van der Waals surface area contributed by atoms with Gasteiger partial charge in [0.05, 0.1) is 0 Å². The maximum atomic E-state index is 12.4. The van der Waals surface area contributed by atoms with Crippen molar-refractivity contribution in [2.75, 3.05) is 0 Å². The van der Waals surface area contributed by atoms with E-state index in [1.165, 1.54) is 6.33 Å². The molecule has 4 rings (SSSR count). The molecule has 9 heteroatoms. The average molecular weight is 395 g/mol.